The molecule has 0 fully saturated rings. The summed E-state index contributed by atoms with van der Waals surface area (Å²) in [5.74, 6) is 0.536. The molecular weight excluding hydrogens is 196 g/mol. The minimum Gasteiger partial charge on any atom is -0.396 e. The average molecular weight is 211 g/mol. The standard InChI is InChI=1S/C12H15ClO/c13-9-3-7-11-5-1-2-6-12(11)8-4-10-14/h1-3,5-7,14H,4,8-10H2. The van der Waals surface area contributed by atoms with E-state index in [2.05, 4.69) is 12.1 Å². The summed E-state index contributed by atoms with van der Waals surface area (Å²) in [5, 5.41) is 8.76. The molecular formula is C12H15ClO. The van der Waals surface area contributed by atoms with Gasteiger partial charge in [-0.1, -0.05) is 36.4 Å². The molecule has 0 heterocycles. The molecule has 14 heavy (non-hydrogen) atoms. The number of alkyl halides is 1. The summed E-state index contributed by atoms with van der Waals surface area (Å²) < 4.78 is 0. The predicted molar refractivity (Wildman–Crippen MR) is 61.6 cm³/mol. The van der Waals surface area contributed by atoms with Crippen molar-refractivity contribution < 1.29 is 5.11 Å². The van der Waals surface area contributed by atoms with Crippen LogP contribution in [0, 0.1) is 0 Å². The highest BCUT2D eigenvalue weighted by atomic mass is 35.5. The van der Waals surface area contributed by atoms with Gasteiger partial charge in [-0.2, -0.15) is 0 Å². The van der Waals surface area contributed by atoms with Gasteiger partial charge in [0.05, 0.1) is 0 Å². The maximum Gasteiger partial charge on any atom is 0.0434 e. The molecule has 0 aliphatic rings. The first kappa shape index (κ1) is 11.3. The molecule has 0 aliphatic carbocycles. The lowest BCUT2D eigenvalue weighted by atomic mass is 10.0. The lowest BCUT2D eigenvalue weighted by molar-refractivity contribution is 0.288. The van der Waals surface area contributed by atoms with Crippen molar-refractivity contribution in [3.63, 3.8) is 0 Å². The quantitative estimate of drug-likeness (QED) is 0.742. The van der Waals surface area contributed by atoms with Gasteiger partial charge in [0.25, 0.3) is 0 Å². The predicted octanol–water partition coefficient (Wildman–Crippen LogP) is 2.86. The van der Waals surface area contributed by atoms with Crippen molar-refractivity contribution in [1.82, 2.24) is 0 Å². The SMILES string of the molecule is OCCCc1ccccc1C=CCCl. The van der Waals surface area contributed by atoms with Gasteiger partial charge in [0, 0.05) is 12.5 Å². The normalized spacial score (nSPS) is 11.0. The second kappa shape index (κ2) is 6.63. The van der Waals surface area contributed by atoms with Gasteiger partial charge in [0.15, 0.2) is 0 Å². The molecule has 0 unspecified atom stereocenters. The third-order valence-corrected chi connectivity index (χ3v) is 2.22. The fraction of sp³-hybridized carbons (Fsp3) is 0.333. The first-order valence-electron chi connectivity index (χ1n) is 4.79. The van der Waals surface area contributed by atoms with Crippen LogP contribution in [-0.2, 0) is 6.42 Å². The first-order valence-corrected chi connectivity index (χ1v) is 5.33. The van der Waals surface area contributed by atoms with Gasteiger partial charge < -0.3 is 5.11 Å². The zero-order chi connectivity index (χ0) is 10.2. The molecule has 0 bridgehead atoms. The molecule has 0 saturated carbocycles. The third kappa shape index (κ3) is 3.52. The maximum absolute atomic E-state index is 8.76. The Morgan fingerprint density at radius 2 is 2.07 bits per heavy atom. The Bertz CT molecular complexity index is 294. The van der Waals surface area contributed by atoms with E-state index in [4.69, 9.17) is 16.7 Å². The zero-order valence-electron chi connectivity index (χ0n) is 8.12. The molecule has 1 nitrogen and oxygen atoms in total. The van der Waals surface area contributed by atoms with Gasteiger partial charge in [0.2, 0.25) is 0 Å². The van der Waals surface area contributed by atoms with Crippen molar-refractivity contribution in [2.24, 2.45) is 0 Å². The van der Waals surface area contributed by atoms with Crippen LogP contribution >= 0.6 is 11.6 Å². The summed E-state index contributed by atoms with van der Waals surface area (Å²) >= 11 is 5.58. The van der Waals surface area contributed by atoms with Crippen molar-refractivity contribution >= 4 is 17.7 Å². The molecule has 0 aromatic heterocycles. The molecule has 0 amide bonds. The fourth-order valence-electron chi connectivity index (χ4n) is 1.37. The van der Waals surface area contributed by atoms with Crippen LogP contribution in [-0.4, -0.2) is 17.6 Å². The van der Waals surface area contributed by atoms with E-state index < -0.39 is 0 Å². The Labute approximate surface area is 90.0 Å². The van der Waals surface area contributed by atoms with Gasteiger partial charge in [-0.05, 0) is 24.0 Å². The van der Waals surface area contributed by atoms with Crippen LogP contribution in [0.25, 0.3) is 6.08 Å². The van der Waals surface area contributed by atoms with Crippen LogP contribution in [0.3, 0.4) is 0 Å². The highest BCUT2D eigenvalue weighted by Crippen LogP contribution is 2.12. The van der Waals surface area contributed by atoms with Crippen LogP contribution in [0.15, 0.2) is 30.3 Å². The number of halogens is 1. The van der Waals surface area contributed by atoms with Crippen molar-refractivity contribution in [1.29, 1.82) is 0 Å². The number of allylic oxidation sites excluding steroid dienone is 1. The zero-order valence-corrected chi connectivity index (χ0v) is 8.87. The first-order chi connectivity index (χ1) is 6.88. The molecule has 0 saturated heterocycles. The number of aliphatic hydroxyl groups excluding tert-OH is 1. The van der Waals surface area contributed by atoms with E-state index in [0.29, 0.717) is 5.88 Å². The minimum absolute atomic E-state index is 0.244. The topological polar surface area (TPSA) is 20.2 Å². The molecule has 1 aromatic rings. The van der Waals surface area contributed by atoms with Crippen LogP contribution in [0.4, 0.5) is 0 Å². The minimum atomic E-state index is 0.244. The molecule has 2 heteroatoms. The Morgan fingerprint density at radius 3 is 2.79 bits per heavy atom. The van der Waals surface area contributed by atoms with E-state index >= 15 is 0 Å². The number of benzene rings is 1. The highest BCUT2D eigenvalue weighted by Gasteiger charge is 1.97. The van der Waals surface area contributed by atoms with Crippen LogP contribution in [0.1, 0.15) is 17.5 Å². The Kier molecular flexibility index (Phi) is 5.35. The summed E-state index contributed by atoms with van der Waals surface area (Å²) in [4.78, 5) is 0. The van der Waals surface area contributed by atoms with Gasteiger partial charge in [-0.3, -0.25) is 0 Å². The summed E-state index contributed by atoms with van der Waals surface area (Å²) in [6, 6.07) is 8.18. The van der Waals surface area contributed by atoms with Crippen molar-refractivity contribution in [3.8, 4) is 0 Å². The average Bonchev–Trinajstić information content (AvgIpc) is 2.24. The van der Waals surface area contributed by atoms with Crippen molar-refractivity contribution in [2.75, 3.05) is 12.5 Å². The Hall–Kier alpha value is -0.790. The van der Waals surface area contributed by atoms with Crippen LogP contribution in [0.2, 0.25) is 0 Å². The molecule has 0 atom stereocenters. The number of hydrogen-bond acceptors (Lipinski definition) is 1. The van der Waals surface area contributed by atoms with E-state index in [9.17, 15) is 0 Å². The summed E-state index contributed by atoms with van der Waals surface area (Å²) in [6.07, 6.45) is 5.68. The molecule has 1 rings (SSSR count). The monoisotopic (exact) mass is 210 g/mol. The van der Waals surface area contributed by atoms with Crippen LogP contribution < -0.4 is 0 Å². The summed E-state index contributed by atoms with van der Waals surface area (Å²) in [5.41, 5.74) is 2.46. The van der Waals surface area contributed by atoms with E-state index in [1.165, 1.54) is 11.1 Å². The number of hydrogen-bond donors (Lipinski definition) is 1. The summed E-state index contributed by atoms with van der Waals surface area (Å²) in [7, 11) is 0. The molecule has 1 N–H and O–H groups in total. The molecule has 0 spiro atoms. The fourth-order valence-corrected chi connectivity index (χ4v) is 1.45. The van der Waals surface area contributed by atoms with E-state index in [-0.39, 0.29) is 6.61 Å². The van der Waals surface area contributed by atoms with Crippen molar-refractivity contribution in [3.05, 3.63) is 41.5 Å². The van der Waals surface area contributed by atoms with Gasteiger partial charge in [-0.15, -0.1) is 11.6 Å². The van der Waals surface area contributed by atoms with E-state index in [1.807, 2.05) is 24.3 Å². The largest absolute Gasteiger partial charge is 0.396 e. The second-order valence-electron chi connectivity index (χ2n) is 3.08. The second-order valence-corrected chi connectivity index (χ2v) is 3.39. The molecule has 1 aromatic carbocycles. The third-order valence-electron chi connectivity index (χ3n) is 2.05. The van der Waals surface area contributed by atoms with Gasteiger partial charge in [0.1, 0.15) is 0 Å². The van der Waals surface area contributed by atoms with Crippen LogP contribution in [0.5, 0.6) is 0 Å². The Morgan fingerprint density at radius 1 is 1.29 bits per heavy atom. The number of aryl methyl sites for hydroxylation is 1. The van der Waals surface area contributed by atoms with E-state index in [0.717, 1.165) is 12.8 Å². The van der Waals surface area contributed by atoms with Gasteiger partial charge in [-0.25, -0.2) is 0 Å². The lowest BCUT2D eigenvalue weighted by Gasteiger charge is -2.04. The highest BCUT2D eigenvalue weighted by molar-refractivity contribution is 6.19. The number of rotatable bonds is 5. The van der Waals surface area contributed by atoms with Gasteiger partial charge >= 0.3 is 0 Å². The lowest BCUT2D eigenvalue weighted by Crippen LogP contribution is -1.92. The van der Waals surface area contributed by atoms with E-state index in [1.54, 1.807) is 0 Å². The molecule has 0 aliphatic heterocycles. The summed E-state index contributed by atoms with van der Waals surface area (Å²) in [6.45, 7) is 0.244. The number of aliphatic hydroxyl groups is 1. The molecule has 0 radical (unpaired) electrons. The molecule has 76 valence electrons. The Balaban J connectivity index is 2.74. The smallest absolute Gasteiger partial charge is 0.0434 e. The maximum atomic E-state index is 8.76. The van der Waals surface area contributed by atoms with Crippen molar-refractivity contribution in [2.45, 2.75) is 12.8 Å².